The van der Waals surface area contributed by atoms with Gasteiger partial charge < -0.3 is 0 Å². The van der Waals surface area contributed by atoms with Gasteiger partial charge in [0, 0.05) is 16.1 Å². The molecule has 0 radical (unpaired) electrons. The smallest absolute Gasteiger partial charge is 0.0658 e. The van der Waals surface area contributed by atoms with E-state index in [0.29, 0.717) is 11.8 Å². The molecule has 0 spiro atoms. The topological polar surface area (TPSA) is 23.8 Å². The third-order valence-corrected chi connectivity index (χ3v) is 5.41. The first-order valence-electron chi connectivity index (χ1n) is 5.98. The lowest BCUT2D eigenvalue weighted by Gasteiger charge is -2.23. The molecule has 16 heavy (non-hydrogen) atoms. The fraction of sp³-hybridized carbons (Fsp3) is 0.500. The lowest BCUT2D eigenvalue weighted by atomic mass is 9.90. The lowest BCUT2D eigenvalue weighted by Crippen LogP contribution is -2.18. The van der Waals surface area contributed by atoms with Crippen LogP contribution in [0.3, 0.4) is 0 Å². The van der Waals surface area contributed by atoms with Gasteiger partial charge in [-0.2, -0.15) is 5.26 Å². The van der Waals surface area contributed by atoms with Crippen LogP contribution in [0.1, 0.15) is 19.3 Å². The molecule has 0 saturated heterocycles. The molecule has 0 aromatic heterocycles. The Balaban J connectivity index is 1.66. The summed E-state index contributed by atoms with van der Waals surface area (Å²) in [5.41, 5.74) is 0. The molecule has 2 fully saturated rings. The largest absolute Gasteiger partial charge is 0.198 e. The Morgan fingerprint density at radius 1 is 1.06 bits per heavy atom. The molecule has 2 aliphatic rings. The third-order valence-electron chi connectivity index (χ3n) is 3.99. The summed E-state index contributed by atoms with van der Waals surface area (Å²) in [7, 11) is 0. The number of hydrogen-bond donors (Lipinski definition) is 0. The maximum Gasteiger partial charge on any atom is 0.0658 e. The van der Waals surface area contributed by atoms with Crippen LogP contribution < -0.4 is 0 Å². The lowest BCUT2D eigenvalue weighted by molar-refractivity contribution is 0.411. The van der Waals surface area contributed by atoms with E-state index in [2.05, 4.69) is 36.4 Å². The summed E-state index contributed by atoms with van der Waals surface area (Å²) < 4.78 is 0. The maximum atomic E-state index is 9.01. The van der Waals surface area contributed by atoms with Crippen LogP contribution in [-0.4, -0.2) is 5.25 Å². The van der Waals surface area contributed by atoms with Crippen LogP contribution in [0.15, 0.2) is 35.2 Å². The van der Waals surface area contributed by atoms with Crippen LogP contribution in [-0.2, 0) is 0 Å². The van der Waals surface area contributed by atoms with Crippen molar-refractivity contribution < 1.29 is 0 Å². The predicted molar refractivity (Wildman–Crippen MR) is 66.0 cm³/mol. The zero-order chi connectivity index (χ0) is 11.0. The summed E-state index contributed by atoms with van der Waals surface area (Å²) in [6, 6.07) is 13.1. The molecule has 4 atom stereocenters. The summed E-state index contributed by atoms with van der Waals surface area (Å²) in [5, 5.41) is 9.77. The van der Waals surface area contributed by atoms with Crippen molar-refractivity contribution in [3.63, 3.8) is 0 Å². The van der Waals surface area contributed by atoms with Gasteiger partial charge in [-0.25, -0.2) is 0 Å². The van der Waals surface area contributed by atoms with E-state index in [-0.39, 0.29) is 0 Å². The van der Waals surface area contributed by atoms with E-state index in [1.807, 2.05) is 11.8 Å². The SMILES string of the molecule is N#C[C@H]1C[C@@H]2C[C@H]1C[C@H]2Sc1ccccc1. The van der Waals surface area contributed by atoms with Crippen molar-refractivity contribution in [3.05, 3.63) is 30.3 Å². The molecule has 82 valence electrons. The number of rotatable bonds is 2. The minimum Gasteiger partial charge on any atom is -0.198 e. The molecule has 0 unspecified atom stereocenters. The van der Waals surface area contributed by atoms with Crippen molar-refractivity contribution in [1.29, 1.82) is 5.26 Å². The fourth-order valence-electron chi connectivity index (χ4n) is 3.20. The molecule has 1 nitrogen and oxygen atoms in total. The Labute approximate surface area is 101 Å². The molecule has 1 aromatic carbocycles. The van der Waals surface area contributed by atoms with Crippen LogP contribution in [0, 0.1) is 29.1 Å². The second-order valence-corrected chi connectivity index (χ2v) is 6.24. The zero-order valence-corrected chi connectivity index (χ0v) is 9.99. The van der Waals surface area contributed by atoms with E-state index in [0.717, 1.165) is 17.6 Å². The molecule has 0 heterocycles. The van der Waals surface area contributed by atoms with Crippen molar-refractivity contribution in [3.8, 4) is 6.07 Å². The second kappa shape index (κ2) is 4.14. The molecule has 2 heteroatoms. The molecule has 2 saturated carbocycles. The number of hydrogen-bond acceptors (Lipinski definition) is 2. The van der Waals surface area contributed by atoms with Gasteiger partial charge in [-0.1, -0.05) is 18.2 Å². The van der Waals surface area contributed by atoms with E-state index >= 15 is 0 Å². The average molecular weight is 229 g/mol. The average Bonchev–Trinajstić information content (AvgIpc) is 2.89. The Hall–Kier alpha value is -0.940. The first-order valence-corrected chi connectivity index (χ1v) is 6.86. The minimum absolute atomic E-state index is 0.359. The van der Waals surface area contributed by atoms with E-state index in [4.69, 9.17) is 5.26 Å². The van der Waals surface area contributed by atoms with E-state index in [1.165, 1.54) is 17.7 Å². The quantitative estimate of drug-likeness (QED) is 0.771. The summed E-state index contributed by atoms with van der Waals surface area (Å²) >= 11 is 2.02. The zero-order valence-electron chi connectivity index (χ0n) is 9.17. The van der Waals surface area contributed by atoms with Crippen molar-refractivity contribution >= 4 is 11.8 Å². The summed E-state index contributed by atoms with van der Waals surface area (Å²) in [6.07, 6.45) is 3.69. The normalized spacial score (nSPS) is 36.2. The molecular formula is C14H15NS. The Bertz CT molecular complexity index is 408. The van der Waals surface area contributed by atoms with Crippen LogP contribution in [0.2, 0.25) is 0 Å². The maximum absolute atomic E-state index is 9.01. The first-order chi connectivity index (χ1) is 7.86. The molecular weight excluding hydrogens is 214 g/mol. The van der Waals surface area contributed by atoms with Crippen molar-refractivity contribution in [2.24, 2.45) is 17.8 Å². The molecule has 2 aliphatic carbocycles. The van der Waals surface area contributed by atoms with Gasteiger partial charge >= 0.3 is 0 Å². The number of nitrogens with zero attached hydrogens (tertiary/aromatic N) is 1. The number of benzene rings is 1. The second-order valence-electron chi connectivity index (χ2n) is 4.93. The molecule has 0 N–H and O–H groups in total. The van der Waals surface area contributed by atoms with Gasteiger partial charge in [0.1, 0.15) is 0 Å². The van der Waals surface area contributed by atoms with Crippen molar-refractivity contribution in [2.45, 2.75) is 29.4 Å². The molecule has 1 aromatic rings. The van der Waals surface area contributed by atoms with Crippen molar-refractivity contribution in [1.82, 2.24) is 0 Å². The Morgan fingerprint density at radius 2 is 1.88 bits per heavy atom. The van der Waals surface area contributed by atoms with E-state index < -0.39 is 0 Å². The van der Waals surface area contributed by atoms with Gasteiger partial charge in [0.25, 0.3) is 0 Å². The summed E-state index contributed by atoms with van der Waals surface area (Å²) in [5.74, 6) is 1.84. The molecule has 2 bridgehead atoms. The first kappa shape index (κ1) is 10.2. The third kappa shape index (κ3) is 1.74. The van der Waals surface area contributed by atoms with Crippen LogP contribution in [0.5, 0.6) is 0 Å². The van der Waals surface area contributed by atoms with Crippen molar-refractivity contribution in [2.75, 3.05) is 0 Å². The fourth-order valence-corrected chi connectivity index (χ4v) is 4.62. The Kier molecular flexibility index (Phi) is 2.65. The van der Waals surface area contributed by atoms with Gasteiger partial charge in [-0.15, -0.1) is 11.8 Å². The van der Waals surface area contributed by atoms with Gasteiger partial charge in [0.05, 0.1) is 6.07 Å². The highest BCUT2D eigenvalue weighted by Crippen LogP contribution is 2.53. The minimum atomic E-state index is 0.359. The predicted octanol–water partition coefficient (Wildman–Crippen LogP) is 3.72. The highest BCUT2D eigenvalue weighted by molar-refractivity contribution is 8.00. The Morgan fingerprint density at radius 3 is 2.50 bits per heavy atom. The van der Waals surface area contributed by atoms with Gasteiger partial charge in [0.15, 0.2) is 0 Å². The standard InChI is InChI=1S/C14H15NS/c15-9-12-7-11-6-10(12)8-14(11)16-13-4-2-1-3-5-13/h1-5,10-12,14H,6-8H2/t10-,11-,12+,14+/m0/s1. The summed E-state index contributed by atoms with van der Waals surface area (Å²) in [4.78, 5) is 1.38. The number of thioether (sulfide) groups is 1. The van der Waals surface area contributed by atoms with Gasteiger partial charge in [-0.05, 0) is 43.2 Å². The molecule has 3 rings (SSSR count). The van der Waals surface area contributed by atoms with Gasteiger partial charge in [0.2, 0.25) is 0 Å². The van der Waals surface area contributed by atoms with E-state index in [1.54, 1.807) is 0 Å². The van der Waals surface area contributed by atoms with Crippen LogP contribution in [0.25, 0.3) is 0 Å². The highest BCUT2D eigenvalue weighted by atomic mass is 32.2. The monoisotopic (exact) mass is 229 g/mol. The number of nitriles is 1. The molecule has 0 amide bonds. The highest BCUT2D eigenvalue weighted by Gasteiger charge is 2.46. The van der Waals surface area contributed by atoms with Crippen LogP contribution >= 0.6 is 11.8 Å². The summed E-state index contributed by atoms with van der Waals surface area (Å²) in [6.45, 7) is 0. The van der Waals surface area contributed by atoms with Gasteiger partial charge in [-0.3, -0.25) is 0 Å². The van der Waals surface area contributed by atoms with Crippen LogP contribution in [0.4, 0.5) is 0 Å². The molecule has 0 aliphatic heterocycles. The number of fused-ring (bicyclic) bond motifs is 2. The van der Waals surface area contributed by atoms with E-state index in [9.17, 15) is 0 Å².